The summed E-state index contributed by atoms with van der Waals surface area (Å²) in [4.78, 5) is 6.91. The average molecular weight is 351 g/mol. The quantitative estimate of drug-likeness (QED) is 0.896. The van der Waals surface area contributed by atoms with Gasteiger partial charge in [0.25, 0.3) is 0 Å². The molecule has 1 atom stereocenters. The van der Waals surface area contributed by atoms with Gasteiger partial charge in [-0.2, -0.15) is 0 Å². The molecular formula is C17H23ClN4O2. The molecule has 2 heterocycles. The fraction of sp³-hybridized carbons (Fsp3) is 0.471. The van der Waals surface area contributed by atoms with Gasteiger partial charge in [0.2, 0.25) is 0 Å². The number of aromatic nitrogens is 2. The second-order valence-electron chi connectivity index (χ2n) is 5.86. The van der Waals surface area contributed by atoms with Crippen LogP contribution in [0.3, 0.4) is 0 Å². The summed E-state index contributed by atoms with van der Waals surface area (Å²) in [6.07, 6.45) is 3.82. The SMILES string of the molecule is COc1ccc(CN2CCNCC2c2nccn2C)c(Cl)c1OC. The van der Waals surface area contributed by atoms with Crippen LogP contribution in [0, 0.1) is 0 Å². The highest BCUT2D eigenvalue weighted by Gasteiger charge is 2.27. The molecule has 1 N–H and O–H groups in total. The molecule has 0 radical (unpaired) electrons. The number of halogens is 1. The number of methoxy groups -OCH3 is 2. The van der Waals surface area contributed by atoms with E-state index in [1.54, 1.807) is 14.2 Å². The van der Waals surface area contributed by atoms with Gasteiger partial charge in [-0.15, -0.1) is 0 Å². The molecule has 3 rings (SSSR count). The van der Waals surface area contributed by atoms with Crippen LogP contribution in [0.15, 0.2) is 24.5 Å². The van der Waals surface area contributed by atoms with Gasteiger partial charge in [0.15, 0.2) is 11.5 Å². The van der Waals surface area contributed by atoms with Crippen molar-refractivity contribution in [2.24, 2.45) is 7.05 Å². The smallest absolute Gasteiger partial charge is 0.179 e. The molecular weight excluding hydrogens is 328 g/mol. The number of imidazole rings is 1. The fourth-order valence-electron chi connectivity index (χ4n) is 3.16. The number of aryl methyl sites for hydroxylation is 1. The third-order valence-electron chi connectivity index (χ3n) is 4.45. The second-order valence-corrected chi connectivity index (χ2v) is 6.24. The zero-order chi connectivity index (χ0) is 17.1. The predicted octanol–water partition coefficient (Wildman–Crippen LogP) is 2.24. The molecule has 2 aromatic rings. The van der Waals surface area contributed by atoms with Crippen LogP contribution in [0.4, 0.5) is 0 Å². The molecule has 6 nitrogen and oxygen atoms in total. The van der Waals surface area contributed by atoms with Gasteiger partial charge >= 0.3 is 0 Å². The largest absolute Gasteiger partial charge is 0.493 e. The lowest BCUT2D eigenvalue weighted by atomic mass is 10.1. The molecule has 24 heavy (non-hydrogen) atoms. The van der Waals surface area contributed by atoms with E-state index in [1.807, 2.05) is 31.6 Å². The third-order valence-corrected chi connectivity index (χ3v) is 4.86. The van der Waals surface area contributed by atoms with Gasteiger partial charge in [-0.05, 0) is 11.6 Å². The number of nitrogens with zero attached hydrogens (tertiary/aromatic N) is 3. The van der Waals surface area contributed by atoms with Gasteiger partial charge in [-0.25, -0.2) is 4.98 Å². The van der Waals surface area contributed by atoms with Gasteiger partial charge in [0, 0.05) is 45.6 Å². The number of piperazine rings is 1. The first-order valence-corrected chi connectivity index (χ1v) is 8.34. The lowest BCUT2D eigenvalue weighted by Crippen LogP contribution is -2.46. The summed E-state index contributed by atoms with van der Waals surface area (Å²) in [7, 11) is 5.24. The molecule has 0 spiro atoms. The Bertz CT molecular complexity index is 704. The molecule has 1 aliphatic rings. The standard InChI is InChI=1S/C17H23ClN4O2/c1-21-8-7-20-17(21)13-10-19-6-9-22(13)11-12-4-5-14(23-2)16(24-3)15(12)18/h4-5,7-8,13,19H,6,9-11H2,1-3H3. The number of nitrogens with one attached hydrogen (secondary N) is 1. The molecule has 0 aliphatic carbocycles. The van der Waals surface area contributed by atoms with Crippen molar-refractivity contribution in [3.63, 3.8) is 0 Å². The Morgan fingerprint density at radius 1 is 1.33 bits per heavy atom. The maximum atomic E-state index is 6.55. The lowest BCUT2D eigenvalue weighted by molar-refractivity contribution is 0.144. The first-order valence-electron chi connectivity index (χ1n) is 7.97. The minimum atomic E-state index is 0.211. The summed E-state index contributed by atoms with van der Waals surface area (Å²) in [5.74, 6) is 2.28. The van der Waals surface area contributed by atoms with E-state index in [0.717, 1.165) is 37.6 Å². The Labute approximate surface area is 147 Å². The van der Waals surface area contributed by atoms with Crippen LogP contribution >= 0.6 is 11.6 Å². The third kappa shape index (κ3) is 3.22. The summed E-state index contributed by atoms with van der Waals surface area (Å²) in [6.45, 7) is 3.49. The normalized spacial score (nSPS) is 18.6. The van der Waals surface area contributed by atoms with Crippen LogP contribution in [0.2, 0.25) is 5.02 Å². The van der Waals surface area contributed by atoms with E-state index in [1.165, 1.54) is 0 Å². The molecule has 1 saturated heterocycles. The second kappa shape index (κ2) is 7.42. The molecule has 0 amide bonds. The number of hydrogen-bond acceptors (Lipinski definition) is 5. The van der Waals surface area contributed by atoms with Crippen molar-refractivity contribution in [2.45, 2.75) is 12.6 Å². The van der Waals surface area contributed by atoms with Gasteiger partial charge in [-0.3, -0.25) is 4.90 Å². The molecule has 1 fully saturated rings. The fourth-order valence-corrected chi connectivity index (χ4v) is 3.45. The summed E-state index contributed by atoms with van der Waals surface area (Å²) >= 11 is 6.55. The van der Waals surface area contributed by atoms with E-state index in [-0.39, 0.29) is 6.04 Å². The maximum absolute atomic E-state index is 6.55. The van der Waals surface area contributed by atoms with Crippen LogP contribution < -0.4 is 14.8 Å². The van der Waals surface area contributed by atoms with Crippen LogP contribution in [0.5, 0.6) is 11.5 Å². The summed E-state index contributed by atoms with van der Waals surface area (Å²) in [6, 6.07) is 4.11. The van der Waals surface area contributed by atoms with Crippen molar-refractivity contribution in [1.29, 1.82) is 0 Å². The molecule has 130 valence electrons. The molecule has 1 aliphatic heterocycles. The summed E-state index contributed by atoms with van der Waals surface area (Å²) in [5, 5.41) is 4.05. The Morgan fingerprint density at radius 3 is 2.83 bits per heavy atom. The topological polar surface area (TPSA) is 51.5 Å². The van der Waals surface area contributed by atoms with E-state index < -0.39 is 0 Å². The number of hydrogen-bond donors (Lipinski definition) is 1. The number of ether oxygens (including phenoxy) is 2. The van der Waals surface area contributed by atoms with Crippen LogP contribution in [-0.2, 0) is 13.6 Å². The van der Waals surface area contributed by atoms with E-state index >= 15 is 0 Å². The average Bonchev–Trinajstić information content (AvgIpc) is 3.02. The van der Waals surface area contributed by atoms with Crippen molar-refractivity contribution in [3.05, 3.63) is 40.9 Å². The molecule has 1 aromatic heterocycles. The lowest BCUT2D eigenvalue weighted by Gasteiger charge is -2.36. The molecule has 7 heteroatoms. The zero-order valence-corrected chi connectivity index (χ0v) is 15.0. The summed E-state index contributed by atoms with van der Waals surface area (Å²) < 4.78 is 12.8. The van der Waals surface area contributed by atoms with Gasteiger partial charge in [-0.1, -0.05) is 17.7 Å². The van der Waals surface area contributed by atoms with Crippen molar-refractivity contribution >= 4 is 11.6 Å². The van der Waals surface area contributed by atoms with E-state index in [4.69, 9.17) is 21.1 Å². The van der Waals surface area contributed by atoms with Crippen molar-refractivity contribution in [3.8, 4) is 11.5 Å². The monoisotopic (exact) mass is 350 g/mol. The van der Waals surface area contributed by atoms with Gasteiger partial charge in [0.1, 0.15) is 5.82 Å². The van der Waals surface area contributed by atoms with Crippen molar-refractivity contribution in [1.82, 2.24) is 19.8 Å². The van der Waals surface area contributed by atoms with Crippen molar-refractivity contribution < 1.29 is 9.47 Å². The Morgan fingerprint density at radius 2 is 2.17 bits per heavy atom. The highest BCUT2D eigenvalue weighted by atomic mass is 35.5. The van der Waals surface area contributed by atoms with Gasteiger partial charge in [0.05, 0.1) is 25.3 Å². The highest BCUT2D eigenvalue weighted by Crippen LogP contribution is 2.38. The maximum Gasteiger partial charge on any atom is 0.179 e. The first kappa shape index (κ1) is 17.1. The number of benzene rings is 1. The first-order chi connectivity index (χ1) is 11.7. The molecule has 1 aromatic carbocycles. The van der Waals surface area contributed by atoms with E-state index in [0.29, 0.717) is 16.5 Å². The van der Waals surface area contributed by atoms with Crippen molar-refractivity contribution in [2.75, 3.05) is 33.9 Å². The van der Waals surface area contributed by atoms with Gasteiger partial charge < -0.3 is 19.4 Å². The zero-order valence-electron chi connectivity index (χ0n) is 14.3. The predicted molar refractivity (Wildman–Crippen MR) is 93.8 cm³/mol. The minimum Gasteiger partial charge on any atom is -0.493 e. The Kier molecular flexibility index (Phi) is 5.28. The van der Waals surface area contributed by atoms with Crippen LogP contribution in [0.25, 0.3) is 0 Å². The van der Waals surface area contributed by atoms with E-state index in [9.17, 15) is 0 Å². The van der Waals surface area contributed by atoms with Crippen LogP contribution in [-0.4, -0.2) is 48.3 Å². The molecule has 0 saturated carbocycles. The molecule has 0 bridgehead atoms. The minimum absolute atomic E-state index is 0.211. The Hall–Kier alpha value is -1.76. The highest BCUT2D eigenvalue weighted by molar-refractivity contribution is 6.33. The van der Waals surface area contributed by atoms with E-state index in [2.05, 4.69) is 19.8 Å². The Balaban J connectivity index is 1.87. The molecule has 1 unspecified atom stereocenters. The summed E-state index contributed by atoms with van der Waals surface area (Å²) in [5.41, 5.74) is 1.02. The number of rotatable bonds is 5. The van der Waals surface area contributed by atoms with Crippen LogP contribution in [0.1, 0.15) is 17.4 Å².